The highest BCUT2D eigenvalue weighted by Gasteiger charge is 2.14. The van der Waals surface area contributed by atoms with Crippen molar-refractivity contribution in [2.24, 2.45) is 0 Å². The van der Waals surface area contributed by atoms with Crippen molar-refractivity contribution in [3.05, 3.63) is 18.5 Å². The Morgan fingerprint density at radius 3 is 3.25 bits per heavy atom. The van der Waals surface area contributed by atoms with Crippen LogP contribution in [0.3, 0.4) is 0 Å². The molecule has 1 aromatic rings. The van der Waals surface area contributed by atoms with Crippen molar-refractivity contribution < 1.29 is 4.74 Å². The lowest BCUT2D eigenvalue weighted by Gasteiger charge is -2.15. The third kappa shape index (κ3) is 3.61. The standard InChI is InChI=1S/C12H21N3O/c1-11(10-15-8-3-6-14-15)13-7-5-12-4-2-9-16-12/h3,6,8,11-13H,2,4-5,7,9-10H2,1H3. The summed E-state index contributed by atoms with van der Waals surface area (Å²) in [6, 6.07) is 2.42. The molecule has 1 fully saturated rings. The van der Waals surface area contributed by atoms with E-state index in [4.69, 9.17) is 4.74 Å². The van der Waals surface area contributed by atoms with Crippen LogP contribution < -0.4 is 5.32 Å². The summed E-state index contributed by atoms with van der Waals surface area (Å²) < 4.78 is 7.55. The van der Waals surface area contributed by atoms with Crippen molar-refractivity contribution in [1.29, 1.82) is 0 Å². The number of nitrogens with one attached hydrogen (secondary N) is 1. The lowest BCUT2D eigenvalue weighted by atomic mass is 10.2. The van der Waals surface area contributed by atoms with Gasteiger partial charge in [-0.05, 0) is 38.8 Å². The molecule has 16 heavy (non-hydrogen) atoms. The summed E-state index contributed by atoms with van der Waals surface area (Å²) >= 11 is 0. The fraction of sp³-hybridized carbons (Fsp3) is 0.750. The molecule has 1 aliphatic rings. The first-order chi connectivity index (χ1) is 7.84. The average molecular weight is 223 g/mol. The van der Waals surface area contributed by atoms with Crippen molar-refractivity contribution in [2.45, 2.75) is 44.9 Å². The second-order valence-electron chi connectivity index (χ2n) is 4.51. The maximum atomic E-state index is 5.58. The van der Waals surface area contributed by atoms with Gasteiger partial charge in [0.05, 0.1) is 12.6 Å². The highest BCUT2D eigenvalue weighted by molar-refractivity contribution is 4.79. The van der Waals surface area contributed by atoms with Gasteiger partial charge in [-0.1, -0.05) is 0 Å². The van der Waals surface area contributed by atoms with Crippen LogP contribution >= 0.6 is 0 Å². The highest BCUT2D eigenvalue weighted by atomic mass is 16.5. The molecule has 0 aromatic carbocycles. The Morgan fingerprint density at radius 1 is 1.62 bits per heavy atom. The summed E-state index contributed by atoms with van der Waals surface area (Å²) in [6.45, 7) is 5.11. The van der Waals surface area contributed by atoms with Gasteiger partial charge in [0.25, 0.3) is 0 Å². The van der Waals surface area contributed by atoms with Crippen LogP contribution in [0, 0.1) is 0 Å². The number of hydrogen-bond acceptors (Lipinski definition) is 3. The van der Waals surface area contributed by atoms with E-state index in [1.807, 2.05) is 23.1 Å². The molecule has 0 amide bonds. The maximum Gasteiger partial charge on any atom is 0.0588 e. The molecular weight excluding hydrogens is 202 g/mol. The van der Waals surface area contributed by atoms with Gasteiger partial charge in [0, 0.05) is 25.0 Å². The molecule has 0 bridgehead atoms. The molecule has 4 heteroatoms. The minimum Gasteiger partial charge on any atom is -0.378 e. The van der Waals surface area contributed by atoms with Crippen LogP contribution in [0.4, 0.5) is 0 Å². The first-order valence-electron chi connectivity index (χ1n) is 6.17. The minimum atomic E-state index is 0.460. The third-order valence-corrected chi connectivity index (χ3v) is 3.00. The highest BCUT2D eigenvalue weighted by Crippen LogP contribution is 2.14. The number of nitrogens with zero attached hydrogens (tertiary/aromatic N) is 2. The molecule has 2 atom stereocenters. The quantitative estimate of drug-likeness (QED) is 0.793. The van der Waals surface area contributed by atoms with Crippen molar-refractivity contribution in [1.82, 2.24) is 15.1 Å². The topological polar surface area (TPSA) is 39.1 Å². The molecule has 2 unspecified atom stereocenters. The Bertz CT molecular complexity index is 280. The number of ether oxygens (including phenoxy) is 1. The smallest absolute Gasteiger partial charge is 0.0588 e. The van der Waals surface area contributed by atoms with E-state index >= 15 is 0 Å². The SMILES string of the molecule is CC(Cn1cccn1)NCCC1CCCO1. The molecule has 90 valence electrons. The Labute approximate surface area is 97.0 Å². The summed E-state index contributed by atoms with van der Waals surface area (Å²) in [5.41, 5.74) is 0. The van der Waals surface area contributed by atoms with E-state index in [0.717, 1.165) is 26.1 Å². The van der Waals surface area contributed by atoms with Gasteiger partial charge in [-0.15, -0.1) is 0 Å². The molecule has 4 nitrogen and oxygen atoms in total. The first kappa shape index (κ1) is 11.6. The minimum absolute atomic E-state index is 0.460. The van der Waals surface area contributed by atoms with Gasteiger partial charge in [-0.25, -0.2) is 0 Å². The van der Waals surface area contributed by atoms with Crippen molar-refractivity contribution in [3.63, 3.8) is 0 Å². The fourth-order valence-corrected chi connectivity index (χ4v) is 2.12. The van der Waals surface area contributed by atoms with E-state index in [0.29, 0.717) is 12.1 Å². The van der Waals surface area contributed by atoms with Gasteiger partial charge >= 0.3 is 0 Å². The number of hydrogen-bond donors (Lipinski definition) is 1. The van der Waals surface area contributed by atoms with Crippen LogP contribution in [0.5, 0.6) is 0 Å². The summed E-state index contributed by atoms with van der Waals surface area (Å²) in [7, 11) is 0. The van der Waals surface area contributed by atoms with Crippen LogP contribution in [-0.4, -0.2) is 35.1 Å². The van der Waals surface area contributed by atoms with E-state index in [1.165, 1.54) is 12.8 Å². The Morgan fingerprint density at radius 2 is 2.56 bits per heavy atom. The molecule has 0 aliphatic carbocycles. The summed E-state index contributed by atoms with van der Waals surface area (Å²) in [6.07, 6.45) is 7.90. The molecule has 2 rings (SSSR count). The normalized spacial score (nSPS) is 22.4. The third-order valence-electron chi connectivity index (χ3n) is 3.00. The van der Waals surface area contributed by atoms with Gasteiger partial charge in [0.15, 0.2) is 0 Å². The van der Waals surface area contributed by atoms with Gasteiger partial charge in [0.1, 0.15) is 0 Å². The van der Waals surface area contributed by atoms with Crippen molar-refractivity contribution >= 4 is 0 Å². The molecular formula is C12H21N3O. The predicted octanol–water partition coefficient (Wildman–Crippen LogP) is 1.43. The second kappa shape index (κ2) is 6.01. The molecule has 1 N–H and O–H groups in total. The molecule has 0 radical (unpaired) electrons. The van der Waals surface area contributed by atoms with Gasteiger partial charge < -0.3 is 10.1 Å². The van der Waals surface area contributed by atoms with Crippen LogP contribution in [0.1, 0.15) is 26.2 Å². The number of rotatable bonds is 6. The molecule has 1 aromatic heterocycles. The Hall–Kier alpha value is -0.870. The van der Waals surface area contributed by atoms with Crippen LogP contribution in [0.25, 0.3) is 0 Å². The lowest BCUT2D eigenvalue weighted by molar-refractivity contribution is 0.103. The second-order valence-corrected chi connectivity index (χ2v) is 4.51. The van der Waals surface area contributed by atoms with E-state index in [2.05, 4.69) is 17.3 Å². The molecule has 1 aliphatic heterocycles. The first-order valence-corrected chi connectivity index (χ1v) is 6.17. The van der Waals surface area contributed by atoms with E-state index < -0.39 is 0 Å². The fourth-order valence-electron chi connectivity index (χ4n) is 2.12. The van der Waals surface area contributed by atoms with Gasteiger partial charge in [0.2, 0.25) is 0 Å². The summed E-state index contributed by atoms with van der Waals surface area (Å²) in [5.74, 6) is 0. The monoisotopic (exact) mass is 223 g/mol. The Kier molecular flexibility index (Phi) is 4.36. The zero-order valence-corrected chi connectivity index (χ0v) is 9.93. The van der Waals surface area contributed by atoms with E-state index in [9.17, 15) is 0 Å². The summed E-state index contributed by atoms with van der Waals surface area (Å²) in [5, 5.41) is 7.70. The molecule has 1 saturated heterocycles. The molecule has 0 saturated carbocycles. The predicted molar refractivity (Wildman–Crippen MR) is 63.3 cm³/mol. The number of aromatic nitrogens is 2. The molecule has 2 heterocycles. The molecule has 0 spiro atoms. The average Bonchev–Trinajstić information content (AvgIpc) is 2.90. The maximum absolute atomic E-state index is 5.58. The largest absolute Gasteiger partial charge is 0.378 e. The van der Waals surface area contributed by atoms with E-state index in [-0.39, 0.29) is 0 Å². The van der Waals surface area contributed by atoms with Gasteiger partial charge in [-0.3, -0.25) is 4.68 Å². The van der Waals surface area contributed by atoms with Crippen LogP contribution in [-0.2, 0) is 11.3 Å². The summed E-state index contributed by atoms with van der Waals surface area (Å²) in [4.78, 5) is 0. The zero-order chi connectivity index (χ0) is 11.2. The van der Waals surface area contributed by atoms with Crippen LogP contribution in [0.15, 0.2) is 18.5 Å². The van der Waals surface area contributed by atoms with Crippen molar-refractivity contribution in [3.8, 4) is 0 Å². The van der Waals surface area contributed by atoms with Gasteiger partial charge in [-0.2, -0.15) is 5.10 Å². The van der Waals surface area contributed by atoms with E-state index in [1.54, 1.807) is 0 Å². The van der Waals surface area contributed by atoms with Crippen LogP contribution in [0.2, 0.25) is 0 Å². The zero-order valence-electron chi connectivity index (χ0n) is 9.93. The Balaban J connectivity index is 1.58. The van der Waals surface area contributed by atoms with Crippen molar-refractivity contribution in [2.75, 3.05) is 13.2 Å². The lowest BCUT2D eigenvalue weighted by Crippen LogP contribution is -2.32.